The first kappa shape index (κ1) is 47.7. The normalized spacial score (nSPS) is 12.8. The second kappa shape index (κ2) is 21.3. The van der Waals surface area contributed by atoms with Crippen molar-refractivity contribution in [1.82, 2.24) is 0 Å². The maximum Gasteiger partial charge on any atom is 1.00 e. The molecule has 10 rings (SSSR count). The molecule has 316 valence electrons. The van der Waals surface area contributed by atoms with E-state index in [0.717, 1.165) is 11.1 Å². The van der Waals surface area contributed by atoms with Crippen LogP contribution in [-0.4, -0.2) is 5.90 Å². The van der Waals surface area contributed by atoms with E-state index in [-0.39, 0.29) is 55.6 Å². The minimum atomic E-state index is -0.847. The average Bonchev–Trinajstić information content (AvgIpc) is 3.69. The van der Waals surface area contributed by atoms with Crippen molar-refractivity contribution in [2.24, 2.45) is 0 Å². The van der Waals surface area contributed by atoms with Crippen molar-refractivity contribution in [2.45, 2.75) is 38.5 Å². The zero-order valence-electron chi connectivity index (χ0n) is 35.9. The molecule has 0 saturated carbocycles. The monoisotopic (exact) mass is 1030 g/mol. The van der Waals surface area contributed by atoms with E-state index < -0.39 is 15.8 Å². The molecule has 2 aliphatic carbocycles. The van der Waals surface area contributed by atoms with Crippen molar-refractivity contribution in [1.29, 1.82) is 0 Å². The van der Waals surface area contributed by atoms with E-state index in [4.69, 9.17) is 12.8 Å². The molecule has 4 heteroatoms. The van der Waals surface area contributed by atoms with Gasteiger partial charge in [0.1, 0.15) is 37.1 Å². The smallest absolute Gasteiger partial charge is 0.366 e. The number of rotatable bonds is 6. The molecule has 8 aromatic rings. The van der Waals surface area contributed by atoms with Crippen molar-refractivity contribution in [3.8, 4) is 34.1 Å². The molecular formula is C59H50Ag2P2+2. The summed E-state index contributed by atoms with van der Waals surface area (Å²) in [5.41, 5.74) is 12.3. The Labute approximate surface area is 409 Å². The van der Waals surface area contributed by atoms with E-state index in [1.165, 1.54) is 71.6 Å². The summed E-state index contributed by atoms with van der Waals surface area (Å²) < 4.78 is 0. The van der Waals surface area contributed by atoms with E-state index in [1.54, 1.807) is 0 Å². The molecule has 0 bridgehead atoms. The summed E-state index contributed by atoms with van der Waals surface area (Å²) in [7, 11) is -1.69. The van der Waals surface area contributed by atoms with Gasteiger partial charge in [0.05, 0.1) is 0 Å². The molecule has 0 amide bonds. The topological polar surface area (TPSA) is 0 Å². The molecule has 0 unspecified atom stereocenters. The van der Waals surface area contributed by atoms with Crippen LogP contribution in [0.4, 0.5) is 0 Å². The van der Waals surface area contributed by atoms with E-state index >= 15 is 0 Å². The Balaban J connectivity index is 0.000000161. The van der Waals surface area contributed by atoms with Gasteiger partial charge in [-0.3, -0.25) is 11.8 Å². The third-order valence-corrected chi connectivity index (χ3v) is 19.2. The number of hydrogen-bond acceptors (Lipinski definition) is 0. The summed E-state index contributed by atoms with van der Waals surface area (Å²) in [6.07, 6.45) is 14.5. The van der Waals surface area contributed by atoms with Crippen LogP contribution in [0.5, 0.6) is 0 Å². The van der Waals surface area contributed by atoms with Gasteiger partial charge in [-0.25, -0.2) is 0 Å². The van der Waals surface area contributed by atoms with E-state index in [9.17, 15) is 0 Å². The minimum absolute atomic E-state index is 0. The van der Waals surface area contributed by atoms with Gasteiger partial charge in [0.2, 0.25) is 0 Å². The molecule has 0 atom stereocenters. The number of hydrogen-bond donors (Lipinski definition) is 0. The van der Waals surface area contributed by atoms with Gasteiger partial charge in [-0.2, -0.15) is 0 Å². The fourth-order valence-electron chi connectivity index (χ4n) is 9.06. The fraction of sp³-hybridized carbons (Fsp3) is 0.119. The molecule has 0 aliphatic heterocycles. The standard InChI is InChI=1S/C25H22P2.2C17H13.2Ag/c1-5-13-22(14-6-1)26(23-15-7-2-8-16-23)21-27(24-17-9-3-10-18-24)25-19-11-4-12-20-25;1-4-12-9-10-16-14(11-12)13-7-5-6-8-15(13)17(16,2)3;1-4-12-9-10-14-13-7-5-6-8-15(13)17(2,3)16(14)11-12;;/h1-20H,21H2;2*5-11H,2-3H3;;/q;2*-1;2*+1/p+2. The first-order chi connectivity index (χ1) is 29.7. The Kier molecular flexibility index (Phi) is 16.1. The van der Waals surface area contributed by atoms with Gasteiger partial charge in [-0.1, -0.05) is 161 Å². The van der Waals surface area contributed by atoms with Crippen LogP contribution < -0.4 is 21.2 Å². The molecular weight excluding hydrogens is 986 g/mol. The number of benzene rings is 8. The van der Waals surface area contributed by atoms with Crippen LogP contribution in [0.2, 0.25) is 0 Å². The van der Waals surface area contributed by atoms with Crippen molar-refractivity contribution in [3.05, 3.63) is 252 Å². The molecule has 63 heavy (non-hydrogen) atoms. The van der Waals surface area contributed by atoms with Crippen molar-refractivity contribution < 1.29 is 44.8 Å². The molecule has 0 radical (unpaired) electrons. The summed E-state index contributed by atoms with van der Waals surface area (Å²) in [6, 6.07) is 73.9. The summed E-state index contributed by atoms with van der Waals surface area (Å²) >= 11 is 0. The van der Waals surface area contributed by atoms with E-state index in [2.05, 4.69) is 234 Å². The zero-order valence-corrected chi connectivity index (χ0v) is 40.9. The molecule has 0 heterocycles. The summed E-state index contributed by atoms with van der Waals surface area (Å²) in [4.78, 5) is 0. The molecule has 0 N–H and O–H groups in total. The fourth-order valence-corrected chi connectivity index (χ4v) is 16.8. The van der Waals surface area contributed by atoms with Gasteiger partial charge in [0, 0.05) is 10.8 Å². The second-order valence-corrected chi connectivity index (χ2v) is 22.3. The molecule has 0 fully saturated rings. The van der Waals surface area contributed by atoms with Crippen LogP contribution in [-0.2, 0) is 55.6 Å². The second-order valence-electron chi connectivity index (χ2n) is 16.7. The molecule has 8 aromatic carbocycles. The van der Waals surface area contributed by atoms with Crippen molar-refractivity contribution >= 4 is 37.1 Å². The third-order valence-electron chi connectivity index (χ3n) is 12.3. The third kappa shape index (κ3) is 10.1. The van der Waals surface area contributed by atoms with E-state index in [1.807, 2.05) is 12.1 Å². The van der Waals surface area contributed by atoms with Crippen LogP contribution in [0.1, 0.15) is 61.1 Å². The van der Waals surface area contributed by atoms with Gasteiger partial charge in [0.15, 0.2) is 5.90 Å². The predicted molar refractivity (Wildman–Crippen MR) is 266 cm³/mol. The van der Waals surface area contributed by atoms with Crippen molar-refractivity contribution in [2.75, 3.05) is 5.90 Å². The van der Waals surface area contributed by atoms with E-state index in [0.29, 0.717) is 0 Å². The van der Waals surface area contributed by atoms with Crippen LogP contribution >= 0.6 is 15.8 Å². The van der Waals surface area contributed by atoms with Gasteiger partial charge in [-0.05, 0) is 93.0 Å². The summed E-state index contributed by atoms with van der Waals surface area (Å²) in [6.45, 7) is 8.99. The van der Waals surface area contributed by atoms with Crippen LogP contribution in [0, 0.1) is 24.7 Å². The zero-order chi connectivity index (χ0) is 42.4. The Bertz CT molecular complexity index is 2700. The average molecular weight is 1040 g/mol. The van der Waals surface area contributed by atoms with Crippen LogP contribution in [0.25, 0.3) is 22.3 Å². The minimum Gasteiger partial charge on any atom is -0.366 e. The van der Waals surface area contributed by atoms with Crippen LogP contribution in [0.3, 0.4) is 0 Å². The van der Waals surface area contributed by atoms with Gasteiger partial charge >= 0.3 is 44.8 Å². The number of fused-ring (bicyclic) bond motifs is 6. The Hall–Kier alpha value is -4.78. The molecule has 0 saturated heterocycles. The molecule has 0 nitrogen and oxygen atoms in total. The Morgan fingerprint density at radius 2 is 0.667 bits per heavy atom. The molecule has 0 spiro atoms. The quantitative estimate of drug-likeness (QED) is 0.0674. The van der Waals surface area contributed by atoms with Crippen LogP contribution in [0.15, 0.2) is 206 Å². The SMILES string of the molecule is [Ag+].[Ag+].[C-]#Cc1ccc2c(c1)-c1ccccc1C2(C)C.[C-]#Cc1ccc2c(c1)C(C)(C)c1ccccc1-2.c1ccc([PH+](C[PH+](c2ccccc2)c2ccccc2)c2ccccc2)cc1. The summed E-state index contributed by atoms with van der Waals surface area (Å²) in [5.74, 6) is 6.18. The van der Waals surface area contributed by atoms with Gasteiger partial charge in [0.25, 0.3) is 0 Å². The molecule has 0 aromatic heterocycles. The van der Waals surface area contributed by atoms with Gasteiger partial charge < -0.3 is 12.8 Å². The maximum atomic E-state index is 7.25. The van der Waals surface area contributed by atoms with Crippen molar-refractivity contribution in [3.63, 3.8) is 0 Å². The maximum absolute atomic E-state index is 7.25. The first-order valence-electron chi connectivity index (χ1n) is 21.0. The Morgan fingerprint density at radius 1 is 0.349 bits per heavy atom. The largest absolute Gasteiger partial charge is 1.00 e. The van der Waals surface area contributed by atoms with Gasteiger partial charge in [-0.15, -0.1) is 35.4 Å². The predicted octanol–water partition coefficient (Wildman–Crippen LogP) is 12.5. The molecule has 2 aliphatic rings. The summed E-state index contributed by atoms with van der Waals surface area (Å²) in [5, 5.41) is 6.01. The first-order valence-corrected chi connectivity index (χ1v) is 24.4. The Morgan fingerprint density at radius 3 is 1.10 bits per heavy atom.